The van der Waals surface area contributed by atoms with Crippen LogP contribution < -0.4 is 16.2 Å². The lowest BCUT2D eigenvalue weighted by molar-refractivity contribution is -0.119. The molecular weight excluding hydrogens is 192 g/mol. The first kappa shape index (κ1) is 11.5. The topological polar surface area (TPSA) is 78.3 Å². The second-order valence-electron chi connectivity index (χ2n) is 3.19. The Labute approximate surface area is 89.2 Å². The van der Waals surface area contributed by atoms with Crippen LogP contribution in [0.5, 0.6) is 5.75 Å². The van der Waals surface area contributed by atoms with Crippen LogP contribution >= 0.6 is 0 Å². The van der Waals surface area contributed by atoms with Crippen molar-refractivity contribution >= 4 is 5.91 Å². The minimum Gasteiger partial charge on any atom is -0.494 e. The van der Waals surface area contributed by atoms with E-state index in [1.54, 1.807) is 0 Å². The molecule has 1 atom stereocenters. The van der Waals surface area contributed by atoms with Crippen LogP contribution in [0, 0.1) is 0 Å². The van der Waals surface area contributed by atoms with Gasteiger partial charge in [0.05, 0.1) is 12.5 Å². The van der Waals surface area contributed by atoms with Gasteiger partial charge in [-0.2, -0.15) is 0 Å². The fourth-order valence-corrected chi connectivity index (χ4v) is 1.38. The van der Waals surface area contributed by atoms with E-state index in [1.165, 1.54) is 0 Å². The maximum Gasteiger partial charge on any atom is 0.226 e. The lowest BCUT2D eigenvalue weighted by Crippen LogP contribution is -2.27. The number of benzene rings is 1. The average molecular weight is 208 g/mol. The van der Waals surface area contributed by atoms with Crippen molar-refractivity contribution < 1.29 is 9.53 Å². The number of rotatable bonds is 5. The van der Waals surface area contributed by atoms with Crippen LogP contribution in [-0.2, 0) is 4.79 Å². The van der Waals surface area contributed by atoms with Crippen molar-refractivity contribution in [3.8, 4) is 5.75 Å². The molecular formula is C11H16N2O2. The summed E-state index contributed by atoms with van der Waals surface area (Å²) in [7, 11) is 0. The molecule has 0 spiro atoms. The molecule has 4 heteroatoms. The maximum atomic E-state index is 11.1. The zero-order valence-electron chi connectivity index (χ0n) is 8.77. The molecule has 4 nitrogen and oxygen atoms in total. The molecule has 0 aliphatic carbocycles. The molecule has 0 saturated heterocycles. The van der Waals surface area contributed by atoms with Gasteiger partial charge in [-0.3, -0.25) is 4.79 Å². The number of ether oxygens (including phenoxy) is 1. The molecule has 4 N–H and O–H groups in total. The van der Waals surface area contributed by atoms with E-state index in [4.69, 9.17) is 16.2 Å². The monoisotopic (exact) mass is 208 g/mol. The van der Waals surface area contributed by atoms with Crippen molar-refractivity contribution in [2.75, 3.05) is 13.2 Å². The first-order chi connectivity index (χ1) is 7.19. The van der Waals surface area contributed by atoms with Crippen LogP contribution in [0.1, 0.15) is 18.4 Å². The number of nitrogens with two attached hydrogens (primary N) is 2. The summed E-state index contributed by atoms with van der Waals surface area (Å²) in [5, 5.41) is 0. The quantitative estimate of drug-likeness (QED) is 0.744. The predicted molar refractivity (Wildman–Crippen MR) is 58.6 cm³/mol. The summed E-state index contributed by atoms with van der Waals surface area (Å²) < 4.78 is 5.29. The van der Waals surface area contributed by atoms with Gasteiger partial charge in [-0.25, -0.2) is 0 Å². The Morgan fingerprint density at radius 3 is 2.40 bits per heavy atom. The van der Waals surface area contributed by atoms with Crippen LogP contribution in [0.2, 0.25) is 0 Å². The summed E-state index contributed by atoms with van der Waals surface area (Å²) in [6, 6.07) is 7.25. The zero-order chi connectivity index (χ0) is 11.3. The third-order valence-electron chi connectivity index (χ3n) is 2.17. The molecule has 15 heavy (non-hydrogen) atoms. The van der Waals surface area contributed by atoms with E-state index in [9.17, 15) is 4.79 Å². The van der Waals surface area contributed by atoms with E-state index in [2.05, 4.69) is 0 Å². The van der Waals surface area contributed by atoms with Crippen molar-refractivity contribution in [3.63, 3.8) is 0 Å². The minimum absolute atomic E-state index is 0.226. The highest BCUT2D eigenvalue weighted by atomic mass is 16.5. The number of hydrogen-bond acceptors (Lipinski definition) is 3. The molecule has 1 unspecified atom stereocenters. The van der Waals surface area contributed by atoms with Gasteiger partial charge in [0.2, 0.25) is 5.91 Å². The fourth-order valence-electron chi connectivity index (χ4n) is 1.38. The molecule has 0 radical (unpaired) electrons. The van der Waals surface area contributed by atoms with E-state index in [-0.39, 0.29) is 6.54 Å². The normalized spacial score (nSPS) is 12.1. The number of amides is 1. The second-order valence-corrected chi connectivity index (χ2v) is 3.19. The Hall–Kier alpha value is -1.55. The Kier molecular flexibility index (Phi) is 4.12. The molecule has 0 aliphatic rings. The number of primary amides is 1. The van der Waals surface area contributed by atoms with E-state index < -0.39 is 11.8 Å². The number of hydrogen-bond donors (Lipinski definition) is 2. The van der Waals surface area contributed by atoms with Crippen molar-refractivity contribution in [1.29, 1.82) is 0 Å². The van der Waals surface area contributed by atoms with Crippen LogP contribution in [0.25, 0.3) is 0 Å². The third kappa shape index (κ3) is 2.95. The molecule has 0 fully saturated rings. The number of carbonyl (C=O) groups is 1. The summed E-state index contributed by atoms with van der Waals surface area (Å²) in [5.74, 6) is -0.0381. The second kappa shape index (κ2) is 5.36. The van der Waals surface area contributed by atoms with Gasteiger partial charge in [0.15, 0.2) is 0 Å². The highest BCUT2D eigenvalue weighted by Gasteiger charge is 2.15. The standard InChI is InChI=1S/C11H16N2O2/c1-2-15-9-5-3-8(4-6-9)10(7-12)11(13)14/h3-6,10H,2,7,12H2,1H3,(H2,13,14). The summed E-state index contributed by atoms with van der Waals surface area (Å²) in [6.45, 7) is 2.76. The molecule has 0 heterocycles. The molecule has 0 aromatic heterocycles. The maximum absolute atomic E-state index is 11.1. The van der Waals surface area contributed by atoms with Gasteiger partial charge >= 0.3 is 0 Å². The van der Waals surface area contributed by atoms with Gasteiger partial charge < -0.3 is 16.2 Å². The van der Waals surface area contributed by atoms with Crippen molar-refractivity contribution in [2.24, 2.45) is 11.5 Å². The van der Waals surface area contributed by atoms with Gasteiger partial charge in [0, 0.05) is 6.54 Å². The van der Waals surface area contributed by atoms with Gasteiger partial charge in [0.25, 0.3) is 0 Å². The molecule has 1 rings (SSSR count). The highest BCUT2D eigenvalue weighted by Crippen LogP contribution is 2.18. The van der Waals surface area contributed by atoms with E-state index >= 15 is 0 Å². The summed E-state index contributed by atoms with van der Waals surface area (Å²) in [5.41, 5.74) is 11.5. The molecule has 0 aliphatic heterocycles. The van der Waals surface area contributed by atoms with E-state index in [1.807, 2.05) is 31.2 Å². The zero-order valence-corrected chi connectivity index (χ0v) is 8.77. The van der Waals surface area contributed by atoms with E-state index in [0.29, 0.717) is 6.61 Å². The van der Waals surface area contributed by atoms with Crippen LogP contribution in [0.15, 0.2) is 24.3 Å². The van der Waals surface area contributed by atoms with Crippen LogP contribution in [0.4, 0.5) is 0 Å². The summed E-state index contributed by atoms with van der Waals surface area (Å²) >= 11 is 0. The summed E-state index contributed by atoms with van der Waals surface area (Å²) in [6.07, 6.45) is 0. The van der Waals surface area contributed by atoms with Gasteiger partial charge in [-0.1, -0.05) is 12.1 Å². The van der Waals surface area contributed by atoms with Crippen molar-refractivity contribution in [3.05, 3.63) is 29.8 Å². The Bertz CT molecular complexity index is 322. The molecule has 82 valence electrons. The third-order valence-corrected chi connectivity index (χ3v) is 2.17. The minimum atomic E-state index is -0.416. The van der Waals surface area contributed by atoms with Gasteiger partial charge in [0.1, 0.15) is 5.75 Å². The lowest BCUT2D eigenvalue weighted by Gasteiger charge is -2.11. The SMILES string of the molecule is CCOc1ccc(C(CN)C(N)=O)cc1. The molecule has 0 bridgehead atoms. The van der Waals surface area contributed by atoms with Crippen LogP contribution in [-0.4, -0.2) is 19.1 Å². The van der Waals surface area contributed by atoms with Crippen LogP contribution in [0.3, 0.4) is 0 Å². The Balaban J connectivity index is 2.82. The summed E-state index contributed by atoms with van der Waals surface area (Å²) in [4.78, 5) is 11.1. The van der Waals surface area contributed by atoms with Crippen molar-refractivity contribution in [2.45, 2.75) is 12.8 Å². The van der Waals surface area contributed by atoms with Gasteiger partial charge in [-0.15, -0.1) is 0 Å². The smallest absolute Gasteiger partial charge is 0.226 e. The first-order valence-electron chi connectivity index (χ1n) is 4.91. The predicted octanol–water partition coefficient (Wildman–Crippen LogP) is 0.613. The molecule has 1 aromatic rings. The average Bonchev–Trinajstić information content (AvgIpc) is 2.21. The first-order valence-corrected chi connectivity index (χ1v) is 4.91. The molecule has 1 amide bonds. The Morgan fingerprint density at radius 2 is 2.00 bits per heavy atom. The molecule has 0 saturated carbocycles. The fraction of sp³-hybridized carbons (Fsp3) is 0.364. The lowest BCUT2D eigenvalue weighted by atomic mass is 9.99. The van der Waals surface area contributed by atoms with Gasteiger partial charge in [-0.05, 0) is 24.6 Å². The van der Waals surface area contributed by atoms with E-state index in [0.717, 1.165) is 11.3 Å². The Morgan fingerprint density at radius 1 is 1.40 bits per heavy atom. The van der Waals surface area contributed by atoms with Crippen molar-refractivity contribution in [1.82, 2.24) is 0 Å². The number of carbonyl (C=O) groups excluding carboxylic acids is 1. The highest BCUT2D eigenvalue weighted by molar-refractivity contribution is 5.82. The largest absolute Gasteiger partial charge is 0.494 e. The molecule has 1 aromatic carbocycles.